The Morgan fingerprint density at radius 3 is 2.88 bits per heavy atom. The molecule has 0 spiro atoms. The minimum absolute atomic E-state index is 0.0204. The topological polar surface area (TPSA) is 95.8 Å². The van der Waals surface area contributed by atoms with Gasteiger partial charge in [0.2, 0.25) is 11.8 Å². The molecule has 2 amide bonds. The number of rotatable bonds is 7. The van der Waals surface area contributed by atoms with Crippen molar-refractivity contribution in [2.45, 2.75) is 12.8 Å². The van der Waals surface area contributed by atoms with Crippen molar-refractivity contribution in [2.75, 3.05) is 39.0 Å². The van der Waals surface area contributed by atoms with Gasteiger partial charge in [0.25, 0.3) is 5.69 Å². The van der Waals surface area contributed by atoms with Crippen LogP contribution in [-0.4, -0.2) is 60.3 Å². The van der Waals surface area contributed by atoms with E-state index in [9.17, 15) is 19.7 Å². The second-order valence-electron chi connectivity index (χ2n) is 6.19. The van der Waals surface area contributed by atoms with Gasteiger partial charge in [-0.15, -0.1) is 0 Å². The molecule has 0 aromatic heterocycles. The Kier molecular flexibility index (Phi) is 5.86. The average molecular weight is 334 g/mol. The van der Waals surface area contributed by atoms with Crippen LogP contribution in [0.4, 0.5) is 11.4 Å². The Morgan fingerprint density at radius 2 is 2.21 bits per heavy atom. The molecule has 0 aliphatic carbocycles. The number of benzene rings is 1. The van der Waals surface area contributed by atoms with Crippen molar-refractivity contribution >= 4 is 23.2 Å². The number of nitro benzene ring substituents is 1. The number of carbonyl (C=O) groups excluding carboxylic acids is 2. The van der Waals surface area contributed by atoms with Crippen molar-refractivity contribution < 1.29 is 14.5 Å². The van der Waals surface area contributed by atoms with Gasteiger partial charge in [-0.1, -0.05) is 6.07 Å². The van der Waals surface area contributed by atoms with E-state index < -0.39 is 10.8 Å². The number of hydrogen-bond donors (Lipinski definition) is 1. The van der Waals surface area contributed by atoms with Gasteiger partial charge in [0.05, 0.1) is 10.8 Å². The lowest BCUT2D eigenvalue weighted by molar-refractivity contribution is -0.384. The molecule has 0 bridgehead atoms. The fourth-order valence-corrected chi connectivity index (χ4v) is 2.68. The molecule has 1 unspecified atom stereocenters. The summed E-state index contributed by atoms with van der Waals surface area (Å²) in [6, 6.07) is 5.78. The summed E-state index contributed by atoms with van der Waals surface area (Å²) in [5.74, 6) is -0.719. The maximum absolute atomic E-state index is 12.3. The van der Waals surface area contributed by atoms with Crippen LogP contribution < -0.4 is 5.32 Å². The fraction of sp³-hybridized carbons (Fsp3) is 0.500. The van der Waals surface area contributed by atoms with Gasteiger partial charge in [-0.3, -0.25) is 19.7 Å². The minimum Gasteiger partial charge on any atom is -0.342 e. The molecule has 2 rings (SSSR count). The highest BCUT2D eigenvalue weighted by Crippen LogP contribution is 2.22. The first-order valence-electron chi connectivity index (χ1n) is 7.84. The molecular weight excluding hydrogens is 312 g/mol. The quantitative estimate of drug-likeness (QED) is 0.599. The zero-order valence-electron chi connectivity index (χ0n) is 13.9. The zero-order valence-corrected chi connectivity index (χ0v) is 13.9. The normalized spacial score (nSPS) is 17.4. The summed E-state index contributed by atoms with van der Waals surface area (Å²) in [5.41, 5.74) is 0.285. The van der Waals surface area contributed by atoms with Crippen LogP contribution in [0.3, 0.4) is 0 Å². The molecule has 1 atom stereocenters. The van der Waals surface area contributed by atoms with E-state index in [-0.39, 0.29) is 23.9 Å². The first-order valence-corrected chi connectivity index (χ1v) is 7.84. The van der Waals surface area contributed by atoms with Crippen molar-refractivity contribution in [3.8, 4) is 0 Å². The second kappa shape index (κ2) is 7.87. The van der Waals surface area contributed by atoms with Crippen LogP contribution in [-0.2, 0) is 9.59 Å². The molecule has 8 heteroatoms. The van der Waals surface area contributed by atoms with Gasteiger partial charge >= 0.3 is 0 Å². The summed E-state index contributed by atoms with van der Waals surface area (Å²) in [5, 5.41) is 13.4. The molecule has 1 aromatic rings. The van der Waals surface area contributed by atoms with Crippen LogP contribution in [0.2, 0.25) is 0 Å². The highest BCUT2D eigenvalue weighted by molar-refractivity contribution is 5.97. The van der Waals surface area contributed by atoms with E-state index >= 15 is 0 Å². The molecule has 0 radical (unpaired) electrons. The first-order chi connectivity index (χ1) is 11.4. The fourth-order valence-electron chi connectivity index (χ4n) is 2.68. The third kappa shape index (κ3) is 4.76. The first kappa shape index (κ1) is 17.9. The van der Waals surface area contributed by atoms with Crippen molar-refractivity contribution in [3.63, 3.8) is 0 Å². The van der Waals surface area contributed by atoms with Gasteiger partial charge in [0, 0.05) is 37.3 Å². The number of nitrogens with zero attached hydrogens (tertiary/aromatic N) is 3. The smallest absolute Gasteiger partial charge is 0.271 e. The zero-order chi connectivity index (χ0) is 17.7. The van der Waals surface area contributed by atoms with Crippen LogP contribution in [0.15, 0.2) is 24.3 Å². The number of nitrogens with one attached hydrogen (secondary N) is 1. The largest absolute Gasteiger partial charge is 0.342 e. The molecule has 0 saturated carbocycles. The molecule has 1 aromatic carbocycles. The molecular formula is C16H22N4O4. The van der Waals surface area contributed by atoms with Gasteiger partial charge in [-0.25, -0.2) is 0 Å². The summed E-state index contributed by atoms with van der Waals surface area (Å²) in [4.78, 5) is 38.3. The van der Waals surface area contributed by atoms with Crippen LogP contribution >= 0.6 is 0 Å². The van der Waals surface area contributed by atoms with Crippen LogP contribution in [0.1, 0.15) is 12.8 Å². The molecule has 1 aliphatic rings. The number of anilines is 1. The van der Waals surface area contributed by atoms with Crippen molar-refractivity contribution in [1.29, 1.82) is 0 Å². The predicted octanol–water partition coefficient (Wildman–Crippen LogP) is 1.33. The highest BCUT2D eigenvalue weighted by Gasteiger charge is 2.34. The number of nitro groups is 1. The van der Waals surface area contributed by atoms with E-state index in [4.69, 9.17) is 0 Å². The van der Waals surface area contributed by atoms with E-state index in [2.05, 4.69) is 5.32 Å². The average Bonchev–Trinajstić information content (AvgIpc) is 2.88. The number of amides is 2. The second-order valence-corrected chi connectivity index (χ2v) is 6.19. The summed E-state index contributed by atoms with van der Waals surface area (Å²) in [6.07, 6.45) is 1.04. The third-order valence-corrected chi connectivity index (χ3v) is 3.94. The Balaban J connectivity index is 1.90. The maximum Gasteiger partial charge on any atom is 0.271 e. The van der Waals surface area contributed by atoms with Gasteiger partial charge in [-0.2, -0.15) is 0 Å². The van der Waals surface area contributed by atoms with Gasteiger partial charge < -0.3 is 15.1 Å². The number of non-ortho nitro benzene ring substituents is 1. The summed E-state index contributed by atoms with van der Waals surface area (Å²) in [6.45, 7) is 1.92. The van der Waals surface area contributed by atoms with Crippen LogP contribution in [0.25, 0.3) is 0 Å². The number of likely N-dealkylation sites (tertiary alicyclic amines) is 1. The number of hydrogen-bond acceptors (Lipinski definition) is 5. The Morgan fingerprint density at radius 1 is 1.46 bits per heavy atom. The molecule has 8 nitrogen and oxygen atoms in total. The van der Waals surface area contributed by atoms with Crippen molar-refractivity contribution in [2.24, 2.45) is 5.92 Å². The Hall–Kier alpha value is -2.48. The Labute approximate surface area is 140 Å². The minimum atomic E-state index is -0.513. The molecule has 1 fully saturated rings. The summed E-state index contributed by atoms with van der Waals surface area (Å²) < 4.78 is 0. The summed E-state index contributed by atoms with van der Waals surface area (Å²) >= 11 is 0. The van der Waals surface area contributed by atoms with Gasteiger partial charge in [-0.05, 0) is 33.1 Å². The Bertz CT molecular complexity index is 632. The van der Waals surface area contributed by atoms with E-state index in [1.807, 2.05) is 19.0 Å². The molecule has 1 N–H and O–H groups in total. The van der Waals surface area contributed by atoms with Crippen LogP contribution in [0, 0.1) is 16.0 Å². The van der Waals surface area contributed by atoms with E-state index in [0.29, 0.717) is 18.8 Å². The molecule has 1 saturated heterocycles. The molecule has 1 aliphatic heterocycles. The van der Waals surface area contributed by atoms with E-state index in [1.54, 1.807) is 11.0 Å². The molecule has 24 heavy (non-hydrogen) atoms. The van der Waals surface area contributed by atoms with Gasteiger partial charge in [0.15, 0.2) is 0 Å². The lowest BCUT2D eigenvalue weighted by atomic mass is 10.1. The lowest BCUT2D eigenvalue weighted by Crippen LogP contribution is -2.30. The third-order valence-electron chi connectivity index (χ3n) is 3.94. The number of carbonyl (C=O) groups is 2. The van der Waals surface area contributed by atoms with E-state index in [1.165, 1.54) is 18.2 Å². The molecule has 130 valence electrons. The lowest BCUT2D eigenvalue weighted by Gasteiger charge is -2.18. The predicted molar refractivity (Wildman–Crippen MR) is 89.6 cm³/mol. The summed E-state index contributed by atoms with van der Waals surface area (Å²) in [7, 11) is 3.95. The molecule has 1 heterocycles. The van der Waals surface area contributed by atoms with Crippen molar-refractivity contribution in [3.05, 3.63) is 34.4 Å². The monoisotopic (exact) mass is 334 g/mol. The standard InChI is InChI=1S/C16H22N4O4/c1-18(2)7-4-8-19-11-12(9-15(19)21)16(22)17-13-5-3-6-14(10-13)20(23)24/h3,5-6,10,12H,4,7-9,11H2,1-2H3,(H,17,22). The maximum atomic E-state index is 12.3. The van der Waals surface area contributed by atoms with Crippen molar-refractivity contribution in [1.82, 2.24) is 9.80 Å². The highest BCUT2D eigenvalue weighted by atomic mass is 16.6. The van der Waals surface area contributed by atoms with Gasteiger partial charge in [0.1, 0.15) is 0 Å². The SMILES string of the molecule is CN(C)CCCN1CC(C(=O)Nc2cccc([N+](=O)[O-])c2)CC1=O. The van der Waals surface area contributed by atoms with Crippen LogP contribution in [0.5, 0.6) is 0 Å². The van der Waals surface area contributed by atoms with E-state index in [0.717, 1.165) is 13.0 Å².